The average molecular weight is 252 g/mol. The normalized spacial score (nSPS) is 17.4. The number of H-pyrrole nitrogens is 1. The van der Waals surface area contributed by atoms with Gasteiger partial charge in [-0.05, 0) is 24.7 Å². The van der Waals surface area contributed by atoms with E-state index in [0.29, 0.717) is 18.5 Å². The third-order valence-electron chi connectivity index (χ3n) is 3.87. The molecule has 5 heteroatoms. The molecule has 2 rings (SSSR count). The second-order valence-corrected chi connectivity index (χ2v) is 5.56. The van der Waals surface area contributed by atoms with E-state index in [9.17, 15) is 14.7 Å². The summed E-state index contributed by atoms with van der Waals surface area (Å²) in [5, 5.41) is 10.1. The SMILES string of the molecule is CCCc1c(O)n(CC2(C)CCC2)c(=O)[nH]c1=O. The van der Waals surface area contributed by atoms with Crippen LogP contribution in [-0.4, -0.2) is 14.7 Å². The summed E-state index contributed by atoms with van der Waals surface area (Å²) in [5.41, 5.74) is -0.580. The quantitative estimate of drug-likeness (QED) is 0.850. The van der Waals surface area contributed by atoms with Crippen molar-refractivity contribution in [2.45, 2.75) is 52.5 Å². The van der Waals surface area contributed by atoms with Gasteiger partial charge in [-0.25, -0.2) is 4.79 Å². The van der Waals surface area contributed by atoms with Crippen molar-refractivity contribution in [2.75, 3.05) is 0 Å². The molecule has 18 heavy (non-hydrogen) atoms. The van der Waals surface area contributed by atoms with Crippen LogP contribution >= 0.6 is 0 Å². The van der Waals surface area contributed by atoms with Gasteiger partial charge < -0.3 is 5.11 Å². The summed E-state index contributed by atoms with van der Waals surface area (Å²) in [5.74, 6) is -0.154. The van der Waals surface area contributed by atoms with E-state index in [2.05, 4.69) is 11.9 Å². The van der Waals surface area contributed by atoms with Crippen molar-refractivity contribution in [3.63, 3.8) is 0 Å². The minimum Gasteiger partial charge on any atom is -0.494 e. The van der Waals surface area contributed by atoms with Crippen LogP contribution in [0.3, 0.4) is 0 Å². The number of nitrogens with one attached hydrogen (secondary N) is 1. The minimum atomic E-state index is -0.509. The van der Waals surface area contributed by atoms with Crippen LogP contribution < -0.4 is 11.2 Å². The largest absolute Gasteiger partial charge is 0.494 e. The molecule has 1 aliphatic rings. The van der Waals surface area contributed by atoms with E-state index in [1.807, 2.05) is 6.92 Å². The highest BCUT2D eigenvalue weighted by atomic mass is 16.3. The molecule has 0 aliphatic heterocycles. The molecular formula is C13H20N2O3. The molecule has 0 bridgehead atoms. The van der Waals surface area contributed by atoms with Gasteiger partial charge >= 0.3 is 5.69 Å². The number of aromatic nitrogens is 2. The zero-order valence-corrected chi connectivity index (χ0v) is 11.0. The maximum Gasteiger partial charge on any atom is 0.331 e. The first kappa shape index (κ1) is 12.9. The Labute approximate surface area is 105 Å². The Morgan fingerprint density at radius 1 is 1.39 bits per heavy atom. The highest BCUT2D eigenvalue weighted by Crippen LogP contribution is 2.41. The maximum absolute atomic E-state index is 11.8. The fourth-order valence-corrected chi connectivity index (χ4v) is 2.54. The summed E-state index contributed by atoms with van der Waals surface area (Å²) >= 11 is 0. The molecule has 0 unspecified atom stereocenters. The lowest BCUT2D eigenvalue weighted by Gasteiger charge is -2.38. The second-order valence-electron chi connectivity index (χ2n) is 5.56. The highest BCUT2D eigenvalue weighted by molar-refractivity contribution is 5.23. The van der Waals surface area contributed by atoms with Gasteiger partial charge in [0.25, 0.3) is 5.56 Å². The Hall–Kier alpha value is -1.52. The molecule has 1 aromatic rings. The molecule has 1 heterocycles. The van der Waals surface area contributed by atoms with Crippen molar-refractivity contribution in [3.05, 3.63) is 26.4 Å². The molecule has 0 saturated heterocycles. The summed E-state index contributed by atoms with van der Waals surface area (Å²) in [6, 6.07) is 0. The minimum absolute atomic E-state index is 0.0725. The first-order valence-electron chi connectivity index (χ1n) is 6.52. The molecule has 1 fully saturated rings. The van der Waals surface area contributed by atoms with Gasteiger partial charge in [-0.15, -0.1) is 0 Å². The molecule has 0 atom stereocenters. The maximum atomic E-state index is 11.8. The van der Waals surface area contributed by atoms with Crippen molar-refractivity contribution in [2.24, 2.45) is 5.41 Å². The van der Waals surface area contributed by atoms with E-state index in [1.54, 1.807) is 0 Å². The van der Waals surface area contributed by atoms with Crippen molar-refractivity contribution in [1.29, 1.82) is 0 Å². The van der Waals surface area contributed by atoms with Gasteiger partial charge in [0.2, 0.25) is 5.88 Å². The zero-order valence-electron chi connectivity index (χ0n) is 11.0. The van der Waals surface area contributed by atoms with E-state index in [1.165, 1.54) is 4.57 Å². The Morgan fingerprint density at radius 3 is 2.56 bits per heavy atom. The van der Waals surface area contributed by atoms with Crippen molar-refractivity contribution in [1.82, 2.24) is 9.55 Å². The number of nitrogens with zero attached hydrogens (tertiary/aromatic N) is 1. The fraction of sp³-hybridized carbons (Fsp3) is 0.692. The lowest BCUT2D eigenvalue weighted by atomic mass is 9.70. The summed E-state index contributed by atoms with van der Waals surface area (Å²) in [7, 11) is 0. The first-order valence-corrected chi connectivity index (χ1v) is 6.52. The topological polar surface area (TPSA) is 75.1 Å². The predicted molar refractivity (Wildman–Crippen MR) is 68.9 cm³/mol. The zero-order chi connectivity index (χ0) is 13.3. The second kappa shape index (κ2) is 4.63. The number of hydrogen-bond donors (Lipinski definition) is 2. The van der Waals surface area contributed by atoms with Gasteiger partial charge in [-0.2, -0.15) is 0 Å². The Bertz CT molecular complexity index is 552. The van der Waals surface area contributed by atoms with Gasteiger partial charge in [0.15, 0.2) is 0 Å². The lowest BCUT2D eigenvalue weighted by Crippen LogP contribution is -2.39. The van der Waals surface area contributed by atoms with Gasteiger partial charge in [0.1, 0.15) is 0 Å². The van der Waals surface area contributed by atoms with Gasteiger partial charge in [0, 0.05) is 6.54 Å². The molecular weight excluding hydrogens is 232 g/mol. The number of aromatic amines is 1. The average Bonchev–Trinajstić information content (AvgIpc) is 2.27. The monoisotopic (exact) mass is 252 g/mol. The van der Waals surface area contributed by atoms with E-state index in [-0.39, 0.29) is 11.3 Å². The molecule has 0 amide bonds. The Kier molecular flexibility index (Phi) is 3.32. The Morgan fingerprint density at radius 2 is 2.06 bits per heavy atom. The molecule has 1 aromatic heterocycles. The van der Waals surface area contributed by atoms with E-state index < -0.39 is 11.2 Å². The smallest absolute Gasteiger partial charge is 0.331 e. The predicted octanol–water partition coefficient (Wildman–Crippen LogP) is 1.38. The molecule has 0 spiro atoms. The first-order chi connectivity index (χ1) is 8.47. The third-order valence-corrected chi connectivity index (χ3v) is 3.87. The molecule has 100 valence electrons. The molecule has 2 N–H and O–H groups in total. The molecule has 1 aliphatic carbocycles. The third kappa shape index (κ3) is 2.21. The van der Waals surface area contributed by atoms with Crippen molar-refractivity contribution < 1.29 is 5.11 Å². The van der Waals surface area contributed by atoms with Gasteiger partial charge in [-0.1, -0.05) is 26.7 Å². The van der Waals surface area contributed by atoms with Crippen LogP contribution in [0.4, 0.5) is 0 Å². The van der Waals surface area contributed by atoms with Crippen LogP contribution in [0.2, 0.25) is 0 Å². The van der Waals surface area contributed by atoms with Crippen LogP contribution in [0.1, 0.15) is 45.1 Å². The molecule has 0 aromatic carbocycles. The van der Waals surface area contributed by atoms with Crippen molar-refractivity contribution >= 4 is 0 Å². The highest BCUT2D eigenvalue weighted by Gasteiger charge is 2.33. The summed E-state index contributed by atoms with van der Waals surface area (Å²) < 4.78 is 1.31. The van der Waals surface area contributed by atoms with E-state index >= 15 is 0 Å². The number of aromatic hydroxyl groups is 1. The van der Waals surface area contributed by atoms with Crippen LogP contribution in [0.15, 0.2) is 9.59 Å². The number of hydrogen-bond acceptors (Lipinski definition) is 3. The van der Waals surface area contributed by atoms with Crippen LogP contribution in [0.25, 0.3) is 0 Å². The number of rotatable bonds is 4. The van der Waals surface area contributed by atoms with Gasteiger partial charge in [-0.3, -0.25) is 14.3 Å². The molecule has 1 saturated carbocycles. The van der Waals surface area contributed by atoms with Crippen LogP contribution in [0, 0.1) is 5.41 Å². The lowest BCUT2D eigenvalue weighted by molar-refractivity contribution is 0.124. The molecule has 0 radical (unpaired) electrons. The Balaban J connectivity index is 2.43. The van der Waals surface area contributed by atoms with Gasteiger partial charge in [0.05, 0.1) is 5.56 Å². The summed E-state index contributed by atoms with van der Waals surface area (Å²) in [4.78, 5) is 25.7. The van der Waals surface area contributed by atoms with Crippen LogP contribution in [-0.2, 0) is 13.0 Å². The fourth-order valence-electron chi connectivity index (χ4n) is 2.54. The standard InChI is InChI=1S/C13H20N2O3/c1-3-5-9-10(16)14-12(18)15(11(9)17)8-13(2)6-4-7-13/h17H,3-8H2,1-2H3,(H,14,16,18). The summed E-state index contributed by atoms with van der Waals surface area (Å²) in [6.07, 6.45) is 4.52. The van der Waals surface area contributed by atoms with Crippen LogP contribution in [0.5, 0.6) is 5.88 Å². The molecule has 5 nitrogen and oxygen atoms in total. The van der Waals surface area contributed by atoms with E-state index in [0.717, 1.165) is 25.7 Å². The van der Waals surface area contributed by atoms with E-state index in [4.69, 9.17) is 0 Å². The van der Waals surface area contributed by atoms with Crippen molar-refractivity contribution in [3.8, 4) is 5.88 Å². The summed E-state index contributed by atoms with van der Waals surface area (Å²) in [6.45, 7) is 4.51.